The third kappa shape index (κ3) is 3.96. The normalized spacial score (nSPS) is 23.8. The molecule has 0 bridgehead atoms. The van der Waals surface area contributed by atoms with Crippen LogP contribution in [0.1, 0.15) is 18.4 Å². The van der Waals surface area contributed by atoms with E-state index in [2.05, 4.69) is 0 Å². The molecule has 118 valence electrons. The minimum atomic E-state index is -4.16. The Hall–Kier alpha value is -1.11. The lowest BCUT2D eigenvalue weighted by Crippen LogP contribution is -2.53. The minimum Gasteiger partial charge on any atom is -0.394 e. The molecule has 0 aliphatic carbocycles. The maximum atomic E-state index is 12.8. The highest BCUT2D eigenvalue weighted by Crippen LogP contribution is 2.34. The number of nitrogens with zero attached hydrogens (tertiary/aromatic N) is 1. The van der Waals surface area contributed by atoms with Crippen molar-refractivity contribution in [2.45, 2.75) is 24.6 Å². The smallest absolute Gasteiger partial charge is 0.393 e. The number of halogens is 3. The number of nitrogens with two attached hydrogens (primary N) is 1. The van der Waals surface area contributed by atoms with E-state index in [9.17, 15) is 18.3 Å². The summed E-state index contributed by atoms with van der Waals surface area (Å²) in [6.45, 7) is 0.456. The second-order valence-electron chi connectivity index (χ2n) is 5.80. The summed E-state index contributed by atoms with van der Waals surface area (Å²) < 4.78 is 38.5. The van der Waals surface area contributed by atoms with Gasteiger partial charge in [0.2, 0.25) is 0 Å². The Balaban J connectivity index is 2.08. The van der Waals surface area contributed by atoms with Gasteiger partial charge in [-0.2, -0.15) is 13.2 Å². The van der Waals surface area contributed by atoms with E-state index >= 15 is 0 Å². The third-order valence-electron chi connectivity index (χ3n) is 4.11. The van der Waals surface area contributed by atoms with E-state index in [0.29, 0.717) is 13.0 Å². The number of hydrogen-bond donors (Lipinski definition) is 2. The van der Waals surface area contributed by atoms with Crippen LogP contribution in [0.25, 0.3) is 0 Å². The molecular weight excluding hydrogens is 281 g/mol. The van der Waals surface area contributed by atoms with Crippen LogP contribution in [0.3, 0.4) is 0 Å². The first-order valence-electron chi connectivity index (χ1n) is 7.09. The first-order valence-corrected chi connectivity index (χ1v) is 7.09. The van der Waals surface area contributed by atoms with Crippen LogP contribution in [0.15, 0.2) is 30.3 Å². The van der Waals surface area contributed by atoms with Gasteiger partial charge in [-0.1, -0.05) is 30.3 Å². The van der Waals surface area contributed by atoms with Gasteiger partial charge in [0.05, 0.1) is 18.1 Å². The van der Waals surface area contributed by atoms with Crippen molar-refractivity contribution in [3.05, 3.63) is 35.9 Å². The molecule has 2 rings (SSSR count). The van der Waals surface area contributed by atoms with Crippen molar-refractivity contribution in [2.24, 2.45) is 11.7 Å². The van der Waals surface area contributed by atoms with Crippen LogP contribution in [0.4, 0.5) is 13.2 Å². The number of likely N-dealkylation sites (tertiary alicyclic amines) is 1. The molecule has 1 aromatic carbocycles. The van der Waals surface area contributed by atoms with Crippen LogP contribution in [0.5, 0.6) is 0 Å². The van der Waals surface area contributed by atoms with E-state index in [-0.39, 0.29) is 26.1 Å². The fourth-order valence-electron chi connectivity index (χ4n) is 2.87. The van der Waals surface area contributed by atoms with Crippen LogP contribution >= 0.6 is 0 Å². The molecule has 0 amide bonds. The van der Waals surface area contributed by atoms with Crippen LogP contribution in [-0.2, 0) is 5.54 Å². The van der Waals surface area contributed by atoms with Crippen molar-refractivity contribution in [3.63, 3.8) is 0 Å². The Kier molecular flexibility index (Phi) is 4.91. The predicted octanol–water partition coefficient (Wildman–Crippen LogP) is 2.11. The summed E-state index contributed by atoms with van der Waals surface area (Å²) in [4.78, 5) is 1.71. The van der Waals surface area contributed by atoms with Crippen LogP contribution < -0.4 is 5.73 Å². The zero-order valence-corrected chi connectivity index (χ0v) is 11.8. The third-order valence-corrected chi connectivity index (χ3v) is 4.11. The number of aliphatic hydroxyl groups excluding tert-OH is 1. The fraction of sp³-hybridized carbons (Fsp3) is 0.600. The Morgan fingerprint density at radius 3 is 2.48 bits per heavy atom. The largest absolute Gasteiger partial charge is 0.394 e. The standard InChI is InChI=1S/C15H21F3N2O/c16-15(17,18)13-7-4-8-20(9-13)10-14(19,11-21)12-5-2-1-3-6-12/h1-3,5-6,13,21H,4,7-11,19H2. The van der Waals surface area contributed by atoms with Gasteiger partial charge in [0.25, 0.3) is 0 Å². The van der Waals surface area contributed by atoms with Crippen molar-refractivity contribution in [2.75, 3.05) is 26.2 Å². The lowest BCUT2D eigenvalue weighted by Gasteiger charge is -2.39. The summed E-state index contributed by atoms with van der Waals surface area (Å²) in [6.07, 6.45) is -3.50. The monoisotopic (exact) mass is 302 g/mol. The van der Waals surface area contributed by atoms with E-state index in [1.807, 2.05) is 6.07 Å². The Morgan fingerprint density at radius 1 is 1.24 bits per heavy atom. The van der Waals surface area contributed by atoms with E-state index < -0.39 is 17.6 Å². The topological polar surface area (TPSA) is 49.5 Å². The molecule has 1 fully saturated rings. The lowest BCUT2D eigenvalue weighted by atomic mass is 9.89. The summed E-state index contributed by atoms with van der Waals surface area (Å²) >= 11 is 0. The van der Waals surface area contributed by atoms with Gasteiger partial charge in [-0.05, 0) is 24.9 Å². The highest BCUT2D eigenvalue weighted by Gasteiger charge is 2.43. The molecule has 0 saturated carbocycles. The van der Waals surface area contributed by atoms with E-state index in [1.54, 1.807) is 29.2 Å². The number of piperidine rings is 1. The Bertz CT molecular complexity index is 452. The molecule has 3 N–H and O–H groups in total. The molecular formula is C15H21F3N2O. The van der Waals surface area contributed by atoms with Crippen molar-refractivity contribution < 1.29 is 18.3 Å². The molecule has 1 saturated heterocycles. The zero-order valence-electron chi connectivity index (χ0n) is 11.8. The molecule has 0 radical (unpaired) electrons. The maximum absolute atomic E-state index is 12.8. The second kappa shape index (κ2) is 6.34. The summed E-state index contributed by atoms with van der Waals surface area (Å²) in [5.41, 5.74) is 5.94. The van der Waals surface area contributed by atoms with Crippen molar-refractivity contribution in [1.82, 2.24) is 4.90 Å². The molecule has 3 nitrogen and oxygen atoms in total. The van der Waals surface area contributed by atoms with Gasteiger partial charge >= 0.3 is 6.18 Å². The number of aliphatic hydroxyl groups is 1. The van der Waals surface area contributed by atoms with Gasteiger partial charge in [0.1, 0.15) is 0 Å². The van der Waals surface area contributed by atoms with Crippen molar-refractivity contribution in [3.8, 4) is 0 Å². The molecule has 6 heteroatoms. The summed E-state index contributed by atoms with van der Waals surface area (Å²) in [7, 11) is 0. The lowest BCUT2D eigenvalue weighted by molar-refractivity contribution is -0.187. The first kappa shape index (κ1) is 16.3. The number of hydrogen-bond acceptors (Lipinski definition) is 3. The summed E-state index contributed by atoms with van der Waals surface area (Å²) in [5.74, 6) is -1.30. The van der Waals surface area contributed by atoms with Crippen LogP contribution in [0, 0.1) is 5.92 Å². The SMILES string of the molecule is NC(CO)(CN1CCCC(C(F)(F)F)C1)c1ccccc1. The van der Waals surface area contributed by atoms with Gasteiger partial charge in [-0.3, -0.25) is 0 Å². The highest BCUT2D eigenvalue weighted by molar-refractivity contribution is 5.24. The highest BCUT2D eigenvalue weighted by atomic mass is 19.4. The average Bonchev–Trinajstić information content (AvgIpc) is 2.47. The molecule has 1 aliphatic heterocycles. The van der Waals surface area contributed by atoms with Crippen LogP contribution in [-0.4, -0.2) is 42.4 Å². The van der Waals surface area contributed by atoms with Crippen molar-refractivity contribution >= 4 is 0 Å². The predicted molar refractivity (Wildman–Crippen MR) is 74.6 cm³/mol. The second-order valence-corrected chi connectivity index (χ2v) is 5.80. The van der Waals surface area contributed by atoms with Crippen LogP contribution in [0.2, 0.25) is 0 Å². The summed E-state index contributed by atoms with van der Waals surface area (Å²) in [6, 6.07) is 9.04. The quantitative estimate of drug-likeness (QED) is 0.895. The molecule has 2 atom stereocenters. The molecule has 21 heavy (non-hydrogen) atoms. The number of benzene rings is 1. The molecule has 0 spiro atoms. The molecule has 1 aromatic rings. The minimum absolute atomic E-state index is 0.0463. The van der Waals surface area contributed by atoms with Gasteiger partial charge in [0, 0.05) is 13.1 Å². The fourth-order valence-corrected chi connectivity index (χ4v) is 2.87. The van der Waals surface area contributed by atoms with Gasteiger partial charge in [-0.15, -0.1) is 0 Å². The number of rotatable bonds is 4. The van der Waals surface area contributed by atoms with Gasteiger partial charge in [-0.25, -0.2) is 0 Å². The first-order chi connectivity index (χ1) is 9.85. The van der Waals surface area contributed by atoms with Gasteiger partial charge < -0.3 is 15.7 Å². The Labute approximate surface area is 122 Å². The maximum Gasteiger partial charge on any atom is 0.393 e. The van der Waals surface area contributed by atoms with E-state index in [0.717, 1.165) is 5.56 Å². The molecule has 1 heterocycles. The number of alkyl halides is 3. The molecule has 0 aromatic heterocycles. The van der Waals surface area contributed by atoms with Crippen molar-refractivity contribution in [1.29, 1.82) is 0 Å². The van der Waals surface area contributed by atoms with Gasteiger partial charge in [0.15, 0.2) is 0 Å². The molecule has 1 aliphatic rings. The zero-order chi connectivity index (χ0) is 15.5. The molecule has 2 unspecified atom stereocenters. The van der Waals surface area contributed by atoms with E-state index in [1.165, 1.54) is 0 Å². The Morgan fingerprint density at radius 2 is 1.90 bits per heavy atom. The average molecular weight is 302 g/mol. The van der Waals surface area contributed by atoms with E-state index in [4.69, 9.17) is 5.73 Å². The summed E-state index contributed by atoms with van der Waals surface area (Å²) in [5, 5.41) is 9.62.